The topological polar surface area (TPSA) is 64.0 Å². The number of nitrogens with one attached hydrogen (secondary N) is 1. The molecule has 110 valence electrons. The first-order valence-electron chi connectivity index (χ1n) is 6.68. The highest BCUT2D eigenvalue weighted by atomic mass is 35.5. The summed E-state index contributed by atoms with van der Waals surface area (Å²) < 4.78 is 1.50. The molecule has 0 atom stereocenters. The van der Waals surface area contributed by atoms with E-state index in [1.165, 1.54) is 10.7 Å². The standard InChI is InChI=1S/C15H16ClN3O2/c1-3-8-17-15(21)14-13(20)9-10(2)19(18-14)12-7-5-4-6-11(12)16/h4-7,9H,3,8H2,1-2H3,(H,17,21). The smallest absolute Gasteiger partial charge is 0.275 e. The lowest BCUT2D eigenvalue weighted by Gasteiger charge is -2.12. The van der Waals surface area contributed by atoms with Crippen LogP contribution in [-0.2, 0) is 0 Å². The molecule has 0 aliphatic rings. The van der Waals surface area contributed by atoms with Crippen molar-refractivity contribution < 1.29 is 4.79 Å². The Balaban J connectivity index is 2.51. The van der Waals surface area contributed by atoms with Crippen molar-refractivity contribution in [2.75, 3.05) is 6.54 Å². The van der Waals surface area contributed by atoms with Gasteiger partial charge in [-0.1, -0.05) is 30.7 Å². The van der Waals surface area contributed by atoms with Gasteiger partial charge in [-0.15, -0.1) is 0 Å². The van der Waals surface area contributed by atoms with E-state index in [0.717, 1.165) is 6.42 Å². The Kier molecular flexibility index (Phi) is 4.75. The summed E-state index contributed by atoms with van der Waals surface area (Å²) in [6.07, 6.45) is 0.788. The van der Waals surface area contributed by atoms with E-state index >= 15 is 0 Å². The monoisotopic (exact) mass is 305 g/mol. The van der Waals surface area contributed by atoms with Crippen LogP contribution in [0.2, 0.25) is 5.02 Å². The zero-order valence-electron chi connectivity index (χ0n) is 11.9. The second-order valence-corrected chi connectivity index (χ2v) is 5.02. The maximum Gasteiger partial charge on any atom is 0.275 e. The number of hydrogen-bond acceptors (Lipinski definition) is 3. The molecular weight excluding hydrogens is 290 g/mol. The number of benzene rings is 1. The molecule has 0 radical (unpaired) electrons. The number of hydrogen-bond donors (Lipinski definition) is 1. The molecule has 1 aromatic heterocycles. The van der Waals surface area contributed by atoms with Gasteiger partial charge in [-0.3, -0.25) is 9.59 Å². The number of carbonyl (C=O) groups is 1. The molecule has 0 bridgehead atoms. The van der Waals surface area contributed by atoms with Crippen molar-refractivity contribution in [2.24, 2.45) is 0 Å². The van der Waals surface area contributed by atoms with Crippen molar-refractivity contribution in [2.45, 2.75) is 20.3 Å². The fourth-order valence-electron chi connectivity index (χ4n) is 1.89. The van der Waals surface area contributed by atoms with E-state index in [2.05, 4.69) is 10.4 Å². The van der Waals surface area contributed by atoms with Gasteiger partial charge in [0.1, 0.15) is 0 Å². The number of aryl methyl sites for hydroxylation is 1. The normalized spacial score (nSPS) is 10.4. The summed E-state index contributed by atoms with van der Waals surface area (Å²) in [6.45, 7) is 4.18. The first-order chi connectivity index (χ1) is 10.0. The van der Waals surface area contributed by atoms with Gasteiger partial charge in [-0.25, -0.2) is 4.68 Å². The molecule has 0 unspecified atom stereocenters. The highest BCUT2D eigenvalue weighted by molar-refractivity contribution is 6.32. The summed E-state index contributed by atoms with van der Waals surface area (Å²) in [5.74, 6) is -0.470. The van der Waals surface area contributed by atoms with E-state index in [9.17, 15) is 9.59 Å². The first-order valence-corrected chi connectivity index (χ1v) is 7.06. The largest absolute Gasteiger partial charge is 0.351 e. The predicted octanol–water partition coefficient (Wildman–Crippen LogP) is 2.33. The zero-order chi connectivity index (χ0) is 15.4. The molecule has 1 heterocycles. The van der Waals surface area contributed by atoms with Crippen LogP contribution in [0.5, 0.6) is 0 Å². The second kappa shape index (κ2) is 6.54. The Labute approximate surface area is 127 Å². The maximum atomic E-state index is 12.0. The van der Waals surface area contributed by atoms with Crippen LogP contribution in [-0.4, -0.2) is 22.2 Å². The molecule has 0 aliphatic carbocycles. The lowest BCUT2D eigenvalue weighted by atomic mass is 10.2. The summed E-state index contributed by atoms with van der Waals surface area (Å²) in [5.41, 5.74) is 0.708. The number of halogens is 1. The van der Waals surface area contributed by atoms with Crippen LogP contribution in [0.4, 0.5) is 0 Å². The molecule has 1 N–H and O–H groups in total. The van der Waals surface area contributed by atoms with Crippen LogP contribution in [0.15, 0.2) is 35.1 Å². The van der Waals surface area contributed by atoms with Crippen LogP contribution >= 0.6 is 11.6 Å². The Morgan fingerprint density at radius 1 is 1.38 bits per heavy atom. The van der Waals surface area contributed by atoms with Crippen molar-refractivity contribution >= 4 is 17.5 Å². The van der Waals surface area contributed by atoms with Gasteiger partial charge in [0.15, 0.2) is 5.69 Å². The average molecular weight is 306 g/mol. The fraction of sp³-hybridized carbons (Fsp3) is 0.267. The summed E-state index contributed by atoms with van der Waals surface area (Å²) in [4.78, 5) is 23.9. The highest BCUT2D eigenvalue weighted by Crippen LogP contribution is 2.19. The third kappa shape index (κ3) is 3.31. The molecule has 0 fully saturated rings. The fourth-order valence-corrected chi connectivity index (χ4v) is 2.11. The molecular formula is C15H16ClN3O2. The van der Waals surface area contributed by atoms with Gasteiger partial charge in [-0.2, -0.15) is 5.10 Å². The number of amides is 1. The molecule has 2 aromatic rings. The third-order valence-corrected chi connectivity index (χ3v) is 3.26. The second-order valence-electron chi connectivity index (χ2n) is 4.62. The Morgan fingerprint density at radius 2 is 2.10 bits per heavy atom. The number of carbonyl (C=O) groups excluding carboxylic acids is 1. The summed E-state index contributed by atoms with van der Waals surface area (Å²) >= 11 is 6.15. The lowest BCUT2D eigenvalue weighted by Crippen LogP contribution is -2.32. The lowest BCUT2D eigenvalue weighted by molar-refractivity contribution is 0.0945. The van der Waals surface area contributed by atoms with Gasteiger partial charge in [0, 0.05) is 18.3 Å². The first kappa shape index (κ1) is 15.3. The van der Waals surface area contributed by atoms with Gasteiger partial charge in [0.25, 0.3) is 5.91 Å². The van der Waals surface area contributed by atoms with E-state index < -0.39 is 11.3 Å². The predicted molar refractivity (Wildman–Crippen MR) is 82.2 cm³/mol. The molecule has 0 saturated heterocycles. The Bertz CT molecular complexity index is 725. The van der Waals surface area contributed by atoms with Gasteiger partial charge in [-0.05, 0) is 25.5 Å². The number of aromatic nitrogens is 2. The van der Waals surface area contributed by atoms with E-state index in [1.807, 2.05) is 13.0 Å². The Hall–Kier alpha value is -2.14. The summed E-state index contributed by atoms with van der Waals surface area (Å²) in [7, 11) is 0. The molecule has 0 aliphatic heterocycles. The average Bonchev–Trinajstić information content (AvgIpc) is 2.46. The molecule has 0 spiro atoms. The highest BCUT2D eigenvalue weighted by Gasteiger charge is 2.15. The van der Waals surface area contributed by atoms with E-state index in [0.29, 0.717) is 22.9 Å². The van der Waals surface area contributed by atoms with Gasteiger partial charge >= 0.3 is 0 Å². The van der Waals surface area contributed by atoms with Crippen LogP contribution in [0.25, 0.3) is 5.69 Å². The summed E-state index contributed by atoms with van der Waals surface area (Å²) in [6, 6.07) is 8.51. The van der Waals surface area contributed by atoms with Crippen molar-refractivity contribution in [3.8, 4) is 5.69 Å². The van der Waals surface area contributed by atoms with Gasteiger partial charge < -0.3 is 5.32 Å². The molecule has 21 heavy (non-hydrogen) atoms. The van der Waals surface area contributed by atoms with Crippen molar-refractivity contribution in [3.63, 3.8) is 0 Å². The minimum absolute atomic E-state index is 0.131. The van der Waals surface area contributed by atoms with E-state index in [-0.39, 0.29) is 5.69 Å². The van der Waals surface area contributed by atoms with Crippen LogP contribution in [0.1, 0.15) is 29.5 Å². The molecule has 6 heteroatoms. The quantitative estimate of drug-likeness (QED) is 0.943. The minimum atomic E-state index is -0.470. The van der Waals surface area contributed by atoms with Gasteiger partial charge in [0.05, 0.1) is 10.7 Å². The summed E-state index contributed by atoms with van der Waals surface area (Å²) in [5, 5.41) is 7.31. The number of nitrogens with zero attached hydrogens (tertiary/aromatic N) is 2. The van der Waals surface area contributed by atoms with Gasteiger partial charge in [0.2, 0.25) is 5.43 Å². The number of para-hydroxylation sites is 1. The maximum absolute atomic E-state index is 12.0. The van der Waals surface area contributed by atoms with E-state index in [4.69, 9.17) is 11.6 Å². The zero-order valence-corrected chi connectivity index (χ0v) is 12.6. The minimum Gasteiger partial charge on any atom is -0.351 e. The third-order valence-electron chi connectivity index (χ3n) is 2.94. The molecule has 1 aromatic carbocycles. The van der Waals surface area contributed by atoms with Crippen LogP contribution in [0, 0.1) is 6.92 Å². The SMILES string of the molecule is CCCNC(=O)c1nn(-c2ccccc2Cl)c(C)cc1=O. The molecule has 0 saturated carbocycles. The van der Waals surface area contributed by atoms with Crippen LogP contribution < -0.4 is 10.7 Å². The number of rotatable bonds is 4. The van der Waals surface area contributed by atoms with Crippen LogP contribution in [0.3, 0.4) is 0 Å². The molecule has 2 rings (SSSR count). The molecule has 1 amide bonds. The van der Waals surface area contributed by atoms with Crippen molar-refractivity contribution in [1.29, 1.82) is 0 Å². The Morgan fingerprint density at radius 3 is 2.76 bits per heavy atom. The molecule has 5 nitrogen and oxygen atoms in total. The van der Waals surface area contributed by atoms with Crippen molar-refractivity contribution in [1.82, 2.24) is 15.1 Å². The van der Waals surface area contributed by atoms with Crippen molar-refractivity contribution in [3.05, 3.63) is 57.0 Å². The van der Waals surface area contributed by atoms with E-state index in [1.54, 1.807) is 25.1 Å².